The second-order valence-electron chi connectivity index (χ2n) is 5.06. The molecule has 2 aromatic rings. The van der Waals surface area contributed by atoms with Crippen LogP contribution in [0.3, 0.4) is 0 Å². The number of nitriles is 1. The molecule has 0 heterocycles. The molecular weight excluding hydrogens is 336 g/mol. The molecule has 0 saturated heterocycles. The zero-order valence-electron chi connectivity index (χ0n) is 14.1. The number of ether oxygens (including phenoxy) is 2. The number of carboxylic acids is 1. The SMILES string of the molecule is COc1cccc(C=C(C#N)C(=O)Nc2ccccc2C(=O)O)c1OC. The number of rotatable bonds is 6. The van der Waals surface area contributed by atoms with Crippen molar-refractivity contribution in [1.29, 1.82) is 5.26 Å². The van der Waals surface area contributed by atoms with Gasteiger partial charge in [0, 0.05) is 5.56 Å². The predicted octanol–water partition coefficient (Wildman–Crippen LogP) is 2.95. The number of benzene rings is 2. The molecule has 132 valence electrons. The van der Waals surface area contributed by atoms with Crippen molar-refractivity contribution in [3.8, 4) is 17.6 Å². The standard InChI is InChI=1S/C19H16N2O5/c1-25-16-9-5-6-12(17(16)26-2)10-13(11-20)18(22)21-15-8-4-3-7-14(15)19(23)24/h3-10H,1-2H3,(H,21,22)(H,23,24). The van der Waals surface area contributed by atoms with Crippen LogP contribution in [0.4, 0.5) is 5.69 Å². The van der Waals surface area contributed by atoms with Crippen molar-refractivity contribution in [2.75, 3.05) is 19.5 Å². The lowest BCUT2D eigenvalue weighted by molar-refractivity contribution is -0.112. The smallest absolute Gasteiger partial charge is 0.337 e. The highest BCUT2D eigenvalue weighted by atomic mass is 16.5. The Labute approximate surface area is 150 Å². The molecule has 0 atom stereocenters. The van der Waals surface area contributed by atoms with Gasteiger partial charge in [0.2, 0.25) is 0 Å². The molecule has 7 heteroatoms. The van der Waals surface area contributed by atoms with E-state index in [1.165, 1.54) is 32.4 Å². The van der Waals surface area contributed by atoms with Gasteiger partial charge in [-0.2, -0.15) is 5.26 Å². The van der Waals surface area contributed by atoms with E-state index < -0.39 is 11.9 Å². The first-order chi connectivity index (χ1) is 12.5. The molecule has 0 fully saturated rings. The number of aromatic carboxylic acids is 1. The summed E-state index contributed by atoms with van der Waals surface area (Å²) in [6.45, 7) is 0. The number of anilines is 1. The molecule has 0 radical (unpaired) electrons. The van der Waals surface area contributed by atoms with Gasteiger partial charge < -0.3 is 19.9 Å². The highest BCUT2D eigenvalue weighted by molar-refractivity contribution is 6.12. The van der Waals surface area contributed by atoms with Crippen LogP contribution in [0.1, 0.15) is 15.9 Å². The van der Waals surface area contributed by atoms with Crippen LogP contribution in [-0.4, -0.2) is 31.2 Å². The molecule has 0 unspecified atom stereocenters. The van der Waals surface area contributed by atoms with Crippen molar-refractivity contribution in [2.45, 2.75) is 0 Å². The third-order valence-electron chi connectivity index (χ3n) is 3.50. The first kappa shape index (κ1) is 18.5. The lowest BCUT2D eigenvalue weighted by Crippen LogP contribution is -2.16. The Kier molecular flexibility index (Phi) is 5.96. The van der Waals surface area contributed by atoms with Crippen LogP contribution in [0.15, 0.2) is 48.0 Å². The molecule has 0 bridgehead atoms. The first-order valence-corrected chi connectivity index (χ1v) is 7.48. The zero-order chi connectivity index (χ0) is 19.1. The van der Waals surface area contributed by atoms with Crippen LogP contribution in [0, 0.1) is 11.3 Å². The van der Waals surface area contributed by atoms with E-state index >= 15 is 0 Å². The fourth-order valence-electron chi connectivity index (χ4n) is 2.30. The second kappa shape index (κ2) is 8.35. The summed E-state index contributed by atoms with van der Waals surface area (Å²) in [4.78, 5) is 23.6. The van der Waals surface area contributed by atoms with Gasteiger partial charge in [-0.25, -0.2) is 4.79 Å². The Hall–Kier alpha value is -3.79. The maximum absolute atomic E-state index is 12.4. The average Bonchev–Trinajstić information content (AvgIpc) is 2.65. The van der Waals surface area contributed by atoms with E-state index in [-0.39, 0.29) is 16.8 Å². The molecule has 0 aliphatic heterocycles. The predicted molar refractivity (Wildman–Crippen MR) is 95.2 cm³/mol. The van der Waals surface area contributed by atoms with Gasteiger partial charge in [-0.3, -0.25) is 4.79 Å². The molecule has 2 aromatic carbocycles. The van der Waals surface area contributed by atoms with Crippen LogP contribution in [0.25, 0.3) is 6.08 Å². The summed E-state index contributed by atoms with van der Waals surface area (Å²) in [6.07, 6.45) is 1.35. The number of hydrogen-bond donors (Lipinski definition) is 2. The number of nitrogens with one attached hydrogen (secondary N) is 1. The lowest BCUT2D eigenvalue weighted by Gasteiger charge is -2.11. The molecule has 26 heavy (non-hydrogen) atoms. The van der Waals surface area contributed by atoms with Gasteiger partial charge in [0.05, 0.1) is 25.5 Å². The number of carboxylic acid groups (broad SMARTS) is 1. The second-order valence-corrected chi connectivity index (χ2v) is 5.06. The molecule has 0 spiro atoms. The molecule has 2 rings (SSSR count). The topological polar surface area (TPSA) is 109 Å². The Bertz CT molecular complexity index is 912. The van der Waals surface area contributed by atoms with E-state index in [0.717, 1.165) is 0 Å². The minimum atomic E-state index is -1.18. The van der Waals surface area contributed by atoms with Crippen molar-refractivity contribution in [2.24, 2.45) is 0 Å². The highest BCUT2D eigenvalue weighted by Gasteiger charge is 2.16. The normalized spacial score (nSPS) is 10.6. The Morgan fingerprint density at radius 1 is 1.12 bits per heavy atom. The lowest BCUT2D eigenvalue weighted by atomic mass is 10.1. The summed E-state index contributed by atoms with van der Waals surface area (Å²) in [5.41, 5.74) is 0.294. The van der Waals surface area contributed by atoms with Gasteiger partial charge >= 0.3 is 5.97 Å². The Morgan fingerprint density at radius 3 is 2.46 bits per heavy atom. The van der Waals surface area contributed by atoms with Crippen molar-refractivity contribution in [3.05, 3.63) is 59.2 Å². The molecule has 7 nitrogen and oxygen atoms in total. The van der Waals surface area contributed by atoms with Gasteiger partial charge in [0.25, 0.3) is 5.91 Å². The molecule has 2 N–H and O–H groups in total. The Morgan fingerprint density at radius 2 is 1.85 bits per heavy atom. The third kappa shape index (κ3) is 3.99. The molecule has 0 saturated carbocycles. The van der Waals surface area contributed by atoms with Crippen LogP contribution < -0.4 is 14.8 Å². The number of carbonyl (C=O) groups excluding carboxylic acids is 1. The minimum Gasteiger partial charge on any atom is -0.493 e. The van der Waals surface area contributed by atoms with E-state index in [1.807, 2.05) is 6.07 Å². The largest absolute Gasteiger partial charge is 0.493 e. The fraction of sp³-hybridized carbons (Fsp3) is 0.105. The zero-order valence-corrected chi connectivity index (χ0v) is 14.1. The number of nitrogens with zero attached hydrogens (tertiary/aromatic N) is 1. The van der Waals surface area contributed by atoms with E-state index in [9.17, 15) is 20.0 Å². The number of amides is 1. The van der Waals surface area contributed by atoms with Crippen LogP contribution in [-0.2, 0) is 4.79 Å². The fourth-order valence-corrected chi connectivity index (χ4v) is 2.30. The van der Waals surface area contributed by atoms with Crippen LogP contribution in [0.2, 0.25) is 0 Å². The van der Waals surface area contributed by atoms with E-state index in [1.54, 1.807) is 30.3 Å². The molecule has 0 aliphatic rings. The Balaban J connectivity index is 2.38. The van der Waals surface area contributed by atoms with E-state index in [4.69, 9.17) is 9.47 Å². The number of para-hydroxylation sites is 2. The average molecular weight is 352 g/mol. The van der Waals surface area contributed by atoms with Crippen molar-refractivity contribution in [3.63, 3.8) is 0 Å². The quantitative estimate of drug-likeness (QED) is 0.611. The number of methoxy groups -OCH3 is 2. The van der Waals surface area contributed by atoms with E-state index in [2.05, 4.69) is 5.32 Å². The minimum absolute atomic E-state index is 0.0721. The van der Waals surface area contributed by atoms with Crippen LogP contribution >= 0.6 is 0 Å². The van der Waals surface area contributed by atoms with Crippen molar-refractivity contribution < 1.29 is 24.2 Å². The number of carbonyl (C=O) groups is 2. The summed E-state index contributed by atoms with van der Waals surface area (Å²) in [5.74, 6) is -1.08. The maximum Gasteiger partial charge on any atom is 0.337 e. The summed E-state index contributed by atoms with van der Waals surface area (Å²) in [5, 5.41) is 21.0. The van der Waals surface area contributed by atoms with Crippen molar-refractivity contribution in [1.82, 2.24) is 0 Å². The maximum atomic E-state index is 12.4. The van der Waals surface area contributed by atoms with Gasteiger partial charge in [-0.05, 0) is 24.3 Å². The first-order valence-electron chi connectivity index (χ1n) is 7.48. The third-order valence-corrected chi connectivity index (χ3v) is 3.50. The summed E-state index contributed by atoms with van der Waals surface area (Å²) in [6, 6.07) is 12.8. The van der Waals surface area contributed by atoms with E-state index in [0.29, 0.717) is 17.1 Å². The van der Waals surface area contributed by atoms with Gasteiger partial charge in [-0.15, -0.1) is 0 Å². The highest BCUT2D eigenvalue weighted by Crippen LogP contribution is 2.32. The molecule has 1 amide bonds. The summed E-state index contributed by atoms with van der Waals surface area (Å²) in [7, 11) is 2.93. The molecule has 0 aromatic heterocycles. The van der Waals surface area contributed by atoms with Crippen LogP contribution in [0.5, 0.6) is 11.5 Å². The number of hydrogen-bond acceptors (Lipinski definition) is 5. The monoisotopic (exact) mass is 352 g/mol. The summed E-state index contributed by atoms with van der Waals surface area (Å²) < 4.78 is 10.5. The van der Waals surface area contributed by atoms with Gasteiger partial charge in [-0.1, -0.05) is 24.3 Å². The van der Waals surface area contributed by atoms with Gasteiger partial charge in [0.15, 0.2) is 11.5 Å². The van der Waals surface area contributed by atoms with Gasteiger partial charge in [0.1, 0.15) is 11.6 Å². The van der Waals surface area contributed by atoms with Crippen molar-refractivity contribution >= 4 is 23.6 Å². The molecule has 0 aliphatic carbocycles. The molecular formula is C19H16N2O5. The summed E-state index contributed by atoms with van der Waals surface area (Å²) >= 11 is 0.